The van der Waals surface area contributed by atoms with Crippen LogP contribution in [0.1, 0.15) is 45.2 Å². The van der Waals surface area contributed by atoms with Crippen LogP contribution in [0.15, 0.2) is 77.7 Å². The average molecular weight is 481 g/mol. The third-order valence-electron chi connectivity index (χ3n) is 5.84. The number of carbonyl (C=O) groups is 2. The van der Waals surface area contributed by atoms with Crippen LogP contribution in [0, 0.1) is 5.82 Å². The highest BCUT2D eigenvalue weighted by molar-refractivity contribution is 7.90. The van der Waals surface area contributed by atoms with Crippen LogP contribution < -0.4 is 10.1 Å². The monoisotopic (exact) mass is 480 g/mol. The Labute approximate surface area is 196 Å². The standard InChI is InChI=1S/C25H21FN2O5S/c26-20-8-4-5-9-22(20)33-15-21(16-6-2-1-3-7-16)27-24(29)17-10-13-19-23(14-17)34(31,32)28(25(19)30)18-11-12-18/h1-10,13-14,18,21H,11-12,15H2,(H,27,29). The maximum absolute atomic E-state index is 14.0. The van der Waals surface area contributed by atoms with E-state index in [-0.39, 0.29) is 34.4 Å². The van der Waals surface area contributed by atoms with E-state index in [2.05, 4.69) is 5.32 Å². The first kappa shape index (κ1) is 22.1. The molecule has 0 aromatic heterocycles. The van der Waals surface area contributed by atoms with Gasteiger partial charge in [-0.1, -0.05) is 42.5 Å². The van der Waals surface area contributed by atoms with Crippen LogP contribution in [0.4, 0.5) is 4.39 Å². The Bertz CT molecular complexity index is 1370. The predicted octanol–water partition coefficient (Wildman–Crippen LogP) is 3.68. The van der Waals surface area contributed by atoms with Gasteiger partial charge < -0.3 is 10.1 Å². The molecule has 7 nitrogen and oxygen atoms in total. The summed E-state index contributed by atoms with van der Waals surface area (Å²) >= 11 is 0. The highest BCUT2D eigenvalue weighted by atomic mass is 32.2. The van der Waals surface area contributed by atoms with Crippen molar-refractivity contribution in [1.29, 1.82) is 0 Å². The molecule has 0 saturated heterocycles. The topological polar surface area (TPSA) is 92.8 Å². The van der Waals surface area contributed by atoms with Gasteiger partial charge in [-0.3, -0.25) is 9.59 Å². The van der Waals surface area contributed by atoms with Crippen molar-refractivity contribution in [3.05, 3.63) is 95.3 Å². The third kappa shape index (κ3) is 4.03. The molecule has 2 aliphatic rings. The van der Waals surface area contributed by atoms with E-state index in [1.165, 1.54) is 30.3 Å². The molecule has 0 bridgehead atoms. The summed E-state index contributed by atoms with van der Waals surface area (Å²) in [6.07, 6.45) is 1.29. The lowest BCUT2D eigenvalue weighted by molar-refractivity contribution is 0.0862. The van der Waals surface area contributed by atoms with E-state index in [0.717, 1.165) is 9.87 Å². The summed E-state index contributed by atoms with van der Waals surface area (Å²) in [7, 11) is -3.98. The van der Waals surface area contributed by atoms with E-state index in [0.29, 0.717) is 12.8 Å². The van der Waals surface area contributed by atoms with Gasteiger partial charge >= 0.3 is 0 Å². The Morgan fingerprint density at radius 2 is 1.76 bits per heavy atom. The van der Waals surface area contributed by atoms with Gasteiger partial charge in [-0.25, -0.2) is 17.1 Å². The number of hydrogen-bond acceptors (Lipinski definition) is 5. The molecule has 3 aromatic rings. The Kier molecular flexibility index (Phi) is 5.57. The van der Waals surface area contributed by atoms with Gasteiger partial charge in [0.1, 0.15) is 11.5 Å². The number of benzene rings is 3. The lowest BCUT2D eigenvalue weighted by Gasteiger charge is -2.20. The average Bonchev–Trinajstić information content (AvgIpc) is 3.64. The second-order valence-corrected chi connectivity index (χ2v) is 10.0. The van der Waals surface area contributed by atoms with Crippen LogP contribution >= 0.6 is 0 Å². The number of hydrogen-bond donors (Lipinski definition) is 1. The number of nitrogens with one attached hydrogen (secondary N) is 1. The number of rotatable bonds is 7. The number of sulfonamides is 1. The summed E-state index contributed by atoms with van der Waals surface area (Å²) in [5, 5.41) is 2.84. The summed E-state index contributed by atoms with van der Waals surface area (Å²) < 4.78 is 46.3. The van der Waals surface area contributed by atoms with Crippen molar-refractivity contribution in [1.82, 2.24) is 9.62 Å². The van der Waals surface area contributed by atoms with Crippen LogP contribution in [-0.4, -0.2) is 37.2 Å². The molecule has 0 spiro atoms. The molecule has 1 saturated carbocycles. The van der Waals surface area contributed by atoms with Gasteiger partial charge in [0.2, 0.25) is 0 Å². The van der Waals surface area contributed by atoms with Gasteiger partial charge in [-0.05, 0) is 48.7 Å². The molecule has 1 aliphatic heterocycles. The Hall–Kier alpha value is -3.72. The van der Waals surface area contributed by atoms with Crippen LogP contribution in [0.25, 0.3) is 0 Å². The van der Waals surface area contributed by atoms with Crippen molar-refractivity contribution in [2.24, 2.45) is 0 Å². The van der Waals surface area contributed by atoms with E-state index in [9.17, 15) is 22.4 Å². The number of ether oxygens (including phenoxy) is 1. The molecular formula is C25H21FN2O5S. The lowest BCUT2D eigenvalue weighted by Crippen LogP contribution is -2.32. The minimum atomic E-state index is -3.98. The smallest absolute Gasteiger partial charge is 0.269 e. The maximum atomic E-state index is 14.0. The zero-order valence-electron chi connectivity index (χ0n) is 18.0. The van der Waals surface area contributed by atoms with E-state index in [1.807, 2.05) is 6.07 Å². The molecule has 1 heterocycles. The van der Waals surface area contributed by atoms with Gasteiger partial charge in [0.05, 0.1) is 11.6 Å². The molecule has 34 heavy (non-hydrogen) atoms. The van der Waals surface area contributed by atoms with Crippen LogP contribution in [0.3, 0.4) is 0 Å². The van der Waals surface area contributed by atoms with E-state index in [4.69, 9.17) is 4.74 Å². The van der Waals surface area contributed by atoms with Crippen LogP contribution in [0.5, 0.6) is 5.75 Å². The quantitative estimate of drug-likeness (QED) is 0.557. The van der Waals surface area contributed by atoms with Gasteiger partial charge in [0.15, 0.2) is 11.6 Å². The van der Waals surface area contributed by atoms with Gasteiger partial charge in [-0.15, -0.1) is 0 Å². The maximum Gasteiger partial charge on any atom is 0.269 e. The molecule has 1 fully saturated rings. The third-order valence-corrected chi connectivity index (χ3v) is 7.71. The number of fused-ring (bicyclic) bond motifs is 1. The SMILES string of the molecule is O=C(NC(COc1ccccc1F)c1ccccc1)c1ccc2c(c1)S(=O)(=O)N(C1CC1)C2=O. The minimum absolute atomic E-state index is 0.0477. The largest absolute Gasteiger partial charge is 0.488 e. The Balaban J connectivity index is 1.39. The molecular weight excluding hydrogens is 459 g/mol. The fraction of sp³-hybridized carbons (Fsp3) is 0.200. The van der Waals surface area contributed by atoms with E-state index in [1.54, 1.807) is 36.4 Å². The molecule has 3 aromatic carbocycles. The Morgan fingerprint density at radius 3 is 2.47 bits per heavy atom. The van der Waals surface area contributed by atoms with Crippen molar-refractivity contribution < 1.29 is 27.1 Å². The molecule has 1 aliphatic carbocycles. The van der Waals surface area contributed by atoms with Crippen molar-refractivity contribution in [3.8, 4) is 5.75 Å². The molecule has 5 rings (SSSR count). The van der Waals surface area contributed by atoms with Gasteiger partial charge in [0.25, 0.3) is 21.8 Å². The normalized spacial score (nSPS) is 17.2. The zero-order valence-corrected chi connectivity index (χ0v) is 18.8. The second-order valence-electron chi connectivity index (χ2n) is 8.23. The molecule has 1 atom stereocenters. The van der Waals surface area contributed by atoms with E-state index >= 15 is 0 Å². The molecule has 174 valence electrons. The number of halogens is 1. The fourth-order valence-corrected chi connectivity index (χ4v) is 5.78. The zero-order chi connectivity index (χ0) is 23.9. The van der Waals surface area contributed by atoms with Crippen LogP contribution in [0.2, 0.25) is 0 Å². The minimum Gasteiger partial charge on any atom is -0.488 e. The number of para-hydroxylation sites is 1. The first-order valence-corrected chi connectivity index (χ1v) is 12.3. The van der Waals surface area contributed by atoms with Gasteiger partial charge in [-0.2, -0.15) is 0 Å². The number of carbonyl (C=O) groups excluding carboxylic acids is 2. The van der Waals surface area contributed by atoms with Crippen molar-refractivity contribution in [3.63, 3.8) is 0 Å². The van der Waals surface area contributed by atoms with Crippen LogP contribution in [-0.2, 0) is 10.0 Å². The molecule has 9 heteroatoms. The summed E-state index contributed by atoms with van der Waals surface area (Å²) in [6.45, 7) is -0.0477. The van der Waals surface area contributed by atoms with Crippen molar-refractivity contribution in [2.45, 2.75) is 29.8 Å². The Morgan fingerprint density at radius 1 is 1.06 bits per heavy atom. The number of nitrogens with zero attached hydrogens (tertiary/aromatic N) is 1. The molecule has 0 radical (unpaired) electrons. The summed E-state index contributed by atoms with van der Waals surface area (Å²) in [4.78, 5) is 25.5. The number of amides is 2. The second kappa shape index (κ2) is 8.57. The lowest BCUT2D eigenvalue weighted by atomic mass is 10.1. The predicted molar refractivity (Wildman–Crippen MR) is 121 cm³/mol. The summed E-state index contributed by atoms with van der Waals surface area (Å²) in [6, 6.07) is 18.1. The van der Waals surface area contributed by atoms with Crippen molar-refractivity contribution >= 4 is 21.8 Å². The first-order valence-electron chi connectivity index (χ1n) is 10.8. The molecule has 1 unspecified atom stereocenters. The van der Waals surface area contributed by atoms with E-state index < -0.39 is 33.7 Å². The highest BCUT2D eigenvalue weighted by Crippen LogP contribution is 2.39. The molecule has 2 amide bonds. The summed E-state index contributed by atoms with van der Waals surface area (Å²) in [5.74, 6) is -1.56. The first-order chi connectivity index (χ1) is 16.4. The molecule has 1 N–H and O–H groups in total. The van der Waals surface area contributed by atoms with Gasteiger partial charge in [0, 0.05) is 11.6 Å². The highest BCUT2D eigenvalue weighted by Gasteiger charge is 2.48. The fourth-order valence-electron chi connectivity index (χ4n) is 3.94. The summed E-state index contributed by atoms with van der Waals surface area (Å²) in [5.41, 5.74) is 0.904. The van der Waals surface area contributed by atoms with Crippen molar-refractivity contribution in [2.75, 3.05) is 6.61 Å².